The van der Waals surface area contributed by atoms with Crippen LogP contribution in [0.2, 0.25) is 0 Å². The maximum Gasteiger partial charge on any atom is 0.433 e. The van der Waals surface area contributed by atoms with Crippen LogP contribution in [-0.2, 0) is 0 Å². The van der Waals surface area contributed by atoms with Crippen molar-refractivity contribution in [3.8, 4) is 0 Å². The summed E-state index contributed by atoms with van der Waals surface area (Å²) in [6.45, 7) is 5.88. The molecule has 4 heteroatoms. The van der Waals surface area contributed by atoms with Crippen molar-refractivity contribution in [3.63, 3.8) is 0 Å². The maximum absolute atomic E-state index is 13.4. The topological polar surface area (TPSA) is 12.4 Å². The van der Waals surface area contributed by atoms with Crippen molar-refractivity contribution in [1.82, 2.24) is 0 Å². The number of rotatable bonds is 2. The molecule has 1 aliphatic rings. The molecule has 22 heavy (non-hydrogen) atoms. The minimum Gasteiger partial charge on any atom is -0.243 e. The molecule has 1 heterocycles. The third-order valence-electron chi connectivity index (χ3n) is 3.85. The largest absolute Gasteiger partial charge is 0.433 e. The second kappa shape index (κ2) is 6.51. The Balaban J connectivity index is 2.67. The molecule has 0 radical (unpaired) electrons. The summed E-state index contributed by atoms with van der Waals surface area (Å²) in [5.41, 5.74) is 0.633. The molecular formula is C18H20F3N. The van der Waals surface area contributed by atoms with Crippen LogP contribution in [0.25, 0.3) is 0 Å². The first-order valence-corrected chi connectivity index (χ1v) is 7.42. The van der Waals surface area contributed by atoms with Crippen molar-refractivity contribution in [2.45, 2.75) is 39.3 Å². The number of allylic oxidation sites excluding steroid dienone is 4. The van der Waals surface area contributed by atoms with Gasteiger partial charge in [-0.05, 0) is 36.8 Å². The number of benzene rings is 1. The highest BCUT2D eigenvalue weighted by Gasteiger charge is 2.38. The minimum atomic E-state index is -4.47. The van der Waals surface area contributed by atoms with E-state index in [2.05, 4.69) is 18.8 Å². The van der Waals surface area contributed by atoms with Crippen LogP contribution in [0.5, 0.6) is 0 Å². The van der Waals surface area contributed by atoms with Gasteiger partial charge in [-0.3, -0.25) is 0 Å². The monoisotopic (exact) mass is 307 g/mol. The minimum absolute atomic E-state index is 0.148. The van der Waals surface area contributed by atoms with E-state index in [0.717, 1.165) is 5.56 Å². The van der Waals surface area contributed by atoms with Crippen LogP contribution in [0.4, 0.5) is 18.9 Å². The molecule has 1 aromatic carbocycles. The molecule has 1 aliphatic heterocycles. The molecule has 1 aromatic rings. The summed E-state index contributed by atoms with van der Waals surface area (Å²) in [5, 5.41) is 0. The number of para-hydroxylation sites is 1. The van der Waals surface area contributed by atoms with Crippen molar-refractivity contribution in [2.24, 2.45) is 10.9 Å². The van der Waals surface area contributed by atoms with Gasteiger partial charge in [0.2, 0.25) is 0 Å². The summed E-state index contributed by atoms with van der Waals surface area (Å²) in [4.78, 5) is 3.98. The number of halogens is 3. The van der Waals surface area contributed by atoms with Gasteiger partial charge in [0.1, 0.15) is 0 Å². The summed E-state index contributed by atoms with van der Waals surface area (Å²) in [6.07, 6.45) is 0.863. The molecule has 118 valence electrons. The number of alkyl halides is 3. The normalized spacial score (nSPS) is 19.5. The first-order chi connectivity index (χ1) is 10.3. The maximum atomic E-state index is 13.4. The van der Waals surface area contributed by atoms with Gasteiger partial charge in [0.25, 0.3) is 0 Å². The molecule has 0 aliphatic carbocycles. The molecule has 1 nitrogen and oxygen atoms in total. The standard InChI is InChI=1S/C18H20F3N/c1-4-7-13-10-11-14(12(2)3)15-8-5-6-9-16(15)22-17(13)18(19,20)21/h4-10,12,14H,11H2,1-3H3/b7-4+,13-10?,22-17?. The van der Waals surface area contributed by atoms with Crippen molar-refractivity contribution in [1.29, 1.82) is 0 Å². The summed E-state index contributed by atoms with van der Waals surface area (Å²) < 4.78 is 40.1. The summed E-state index contributed by atoms with van der Waals surface area (Å²) in [7, 11) is 0. The van der Waals surface area contributed by atoms with E-state index >= 15 is 0 Å². The number of aliphatic imine (C=N–C) groups is 1. The fourth-order valence-electron chi connectivity index (χ4n) is 2.75. The van der Waals surface area contributed by atoms with Crippen molar-refractivity contribution < 1.29 is 13.2 Å². The highest BCUT2D eigenvalue weighted by Crippen LogP contribution is 2.39. The van der Waals surface area contributed by atoms with E-state index in [1.807, 2.05) is 12.1 Å². The van der Waals surface area contributed by atoms with Gasteiger partial charge in [0, 0.05) is 5.57 Å². The van der Waals surface area contributed by atoms with Gasteiger partial charge in [-0.25, -0.2) is 4.99 Å². The van der Waals surface area contributed by atoms with Gasteiger partial charge in [-0.2, -0.15) is 13.2 Å². The van der Waals surface area contributed by atoms with Crippen molar-refractivity contribution >= 4 is 11.4 Å². The van der Waals surface area contributed by atoms with Gasteiger partial charge in [-0.15, -0.1) is 0 Å². The lowest BCUT2D eigenvalue weighted by molar-refractivity contribution is -0.0580. The van der Waals surface area contributed by atoms with Crippen molar-refractivity contribution in [3.05, 3.63) is 53.6 Å². The zero-order valence-corrected chi connectivity index (χ0v) is 13.0. The average molecular weight is 307 g/mol. The van der Waals surface area contributed by atoms with Crippen LogP contribution in [0.15, 0.2) is 53.1 Å². The lowest BCUT2D eigenvalue weighted by Gasteiger charge is -2.25. The van der Waals surface area contributed by atoms with E-state index in [-0.39, 0.29) is 11.5 Å². The van der Waals surface area contributed by atoms with Gasteiger partial charge < -0.3 is 0 Å². The fraction of sp³-hybridized carbons (Fsp3) is 0.389. The molecule has 1 atom stereocenters. The number of nitrogens with zero attached hydrogens (tertiary/aromatic N) is 1. The SMILES string of the molecule is C/C=C/C1=CCC(C(C)C)c2ccccc2N=C1C(F)(F)F. The third-order valence-corrected chi connectivity index (χ3v) is 3.85. The second-order valence-corrected chi connectivity index (χ2v) is 5.76. The predicted molar refractivity (Wildman–Crippen MR) is 84.7 cm³/mol. The van der Waals surface area contributed by atoms with Crippen LogP contribution in [0, 0.1) is 5.92 Å². The highest BCUT2D eigenvalue weighted by molar-refractivity contribution is 6.07. The quantitative estimate of drug-likeness (QED) is 0.638. The molecule has 2 rings (SSSR count). The van der Waals surface area contributed by atoms with E-state index in [1.165, 1.54) is 6.08 Å². The Morgan fingerprint density at radius 3 is 2.50 bits per heavy atom. The van der Waals surface area contributed by atoms with E-state index in [4.69, 9.17) is 0 Å². The lowest BCUT2D eigenvalue weighted by Crippen LogP contribution is -2.25. The first kappa shape index (κ1) is 16.5. The Kier molecular flexibility index (Phi) is 4.89. The number of fused-ring (bicyclic) bond motifs is 1. The summed E-state index contributed by atoms with van der Waals surface area (Å²) in [5.74, 6) is 0.488. The molecule has 0 N–H and O–H groups in total. The first-order valence-electron chi connectivity index (χ1n) is 7.42. The second-order valence-electron chi connectivity index (χ2n) is 5.76. The average Bonchev–Trinajstić information content (AvgIpc) is 2.41. The van der Waals surface area contributed by atoms with Crippen LogP contribution in [0.3, 0.4) is 0 Å². The Labute approximate surface area is 129 Å². The third kappa shape index (κ3) is 3.49. The molecule has 0 amide bonds. The highest BCUT2D eigenvalue weighted by atomic mass is 19.4. The molecular weight excluding hydrogens is 287 g/mol. The van der Waals surface area contributed by atoms with Crippen molar-refractivity contribution in [2.75, 3.05) is 0 Å². The zero-order valence-electron chi connectivity index (χ0n) is 13.0. The van der Waals surface area contributed by atoms with Crippen LogP contribution in [-0.4, -0.2) is 11.9 Å². The van der Waals surface area contributed by atoms with Gasteiger partial charge in [0.05, 0.1) is 5.69 Å². The van der Waals surface area contributed by atoms with E-state index in [0.29, 0.717) is 18.0 Å². The van der Waals surface area contributed by atoms with E-state index in [1.54, 1.807) is 31.2 Å². The molecule has 0 fully saturated rings. The Morgan fingerprint density at radius 2 is 1.91 bits per heavy atom. The zero-order chi connectivity index (χ0) is 16.3. The molecule has 1 unspecified atom stereocenters. The number of hydrogen-bond donors (Lipinski definition) is 0. The molecule has 0 saturated heterocycles. The predicted octanol–water partition coefficient (Wildman–Crippen LogP) is 5.97. The summed E-state index contributed by atoms with van der Waals surface area (Å²) in [6, 6.07) is 7.13. The summed E-state index contributed by atoms with van der Waals surface area (Å²) >= 11 is 0. The van der Waals surface area contributed by atoms with Crippen LogP contribution < -0.4 is 0 Å². The van der Waals surface area contributed by atoms with Gasteiger partial charge in [-0.1, -0.05) is 50.3 Å². The van der Waals surface area contributed by atoms with E-state index in [9.17, 15) is 13.2 Å². The molecule has 0 bridgehead atoms. The Hall–Kier alpha value is -1.84. The van der Waals surface area contributed by atoms with Gasteiger partial charge in [0.15, 0.2) is 5.71 Å². The Morgan fingerprint density at radius 1 is 1.23 bits per heavy atom. The van der Waals surface area contributed by atoms with Gasteiger partial charge >= 0.3 is 6.18 Å². The Bertz CT molecular complexity index is 621. The van der Waals surface area contributed by atoms with Crippen LogP contribution in [0.1, 0.15) is 38.7 Å². The molecule has 0 aromatic heterocycles. The fourth-order valence-corrected chi connectivity index (χ4v) is 2.75. The van der Waals surface area contributed by atoms with E-state index < -0.39 is 11.9 Å². The van der Waals surface area contributed by atoms with Crippen LogP contribution >= 0.6 is 0 Å². The lowest BCUT2D eigenvalue weighted by atomic mass is 9.83. The smallest absolute Gasteiger partial charge is 0.243 e. The molecule has 0 saturated carbocycles. The molecule has 0 spiro atoms. The number of hydrogen-bond acceptors (Lipinski definition) is 1.